The zero-order valence-corrected chi connectivity index (χ0v) is 11.8. The molecule has 0 atom stereocenters. The number of likely N-dealkylation sites (N-methyl/N-ethyl adjacent to an activating group) is 1. The van der Waals surface area contributed by atoms with Gasteiger partial charge in [0.05, 0.1) is 27.2 Å². The number of quaternary nitrogens is 1. The van der Waals surface area contributed by atoms with E-state index in [4.69, 9.17) is 4.74 Å². The number of rotatable bonds is 5. The van der Waals surface area contributed by atoms with E-state index in [-0.39, 0.29) is 0 Å². The maximum absolute atomic E-state index is 10.5. The van der Waals surface area contributed by atoms with Gasteiger partial charge in [-0.3, -0.25) is 9.69 Å². The molecule has 1 fully saturated rings. The molecule has 1 heterocycles. The monoisotopic (exact) mass is 263 g/mol. The number of aldehydes is 1. The first-order chi connectivity index (χ1) is 9.09. The summed E-state index contributed by atoms with van der Waals surface area (Å²) < 4.78 is 6.81. The largest absolute Gasteiger partial charge is 0.492 e. The summed E-state index contributed by atoms with van der Waals surface area (Å²) in [5.41, 5.74) is 0.684. The van der Waals surface area contributed by atoms with E-state index in [0.717, 1.165) is 36.2 Å². The Bertz CT molecular complexity index is 405. The fourth-order valence-corrected chi connectivity index (χ4v) is 2.21. The SMILES string of the molecule is C[N+]1(C)CCN(CCOc2ccc(C=O)cc2)CC1. The summed E-state index contributed by atoms with van der Waals surface area (Å²) in [6.07, 6.45) is 0.845. The number of benzene rings is 1. The standard InChI is InChI=1S/C15H23N2O2/c1-17(2)10-7-16(8-11-17)9-12-19-15-5-3-14(13-18)4-6-15/h3-6,13H,7-12H2,1-2H3/q+1. The molecule has 0 aliphatic carbocycles. The van der Waals surface area contributed by atoms with Crippen LogP contribution in [0.2, 0.25) is 0 Å². The molecular weight excluding hydrogens is 240 g/mol. The highest BCUT2D eigenvalue weighted by Crippen LogP contribution is 2.11. The van der Waals surface area contributed by atoms with Gasteiger partial charge in [0, 0.05) is 25.2 Å². The molecule has 0 unspecified atom stereocenters. The lowest BCUT2D eigenvalue weighted by Gasteiger charge is -2.38. The average molecular weight is 263 g/mol. The number of hydrogen-bond donors (Lipinski definition) is 0. The third-order valence-corrected chi connectivity index (χ3v) is 3.74. The molecule has 0 N–H and O–H groups in total. The van der Waals surface area contributed by atoms with E-state index in [1.807, 2.05) is 12.1 Å². The van der Waals surface area contributed by atoms with Crippen LogP contribution >= 0.6 is 0 Å². The van der Waals surface area contributed by atoms with Crippen molar-refractivity contribution in [3.05, 3.63) is 29.8 Å². The molecule has 0 aromatic heterocycles. The first-order valence-corrected chi connectivity index (χ1v) is 6.81. The van der Waals surface area contributed by atoms with Gasteiger partial charge in [0.1, 0.15) is 18.6 Å². The minimum Gasteiger partial charge on any atom is -0.492 e. The van der Waals surface area contributed by atoms with Gasteiger partial charge in [-0.15, -0.1) is 0 Å². The van der Waals surface area contributed by atoms with Crippen LogP contribution in [-0.4, -0.2) is 69.1 Å². The van der Waals surface area contributed by atoms with E-state index in [9.17, 15) is 4.79 Å². The lowest BCUT2D eigenvalue weighted by molar-refractivity contribution is -0.894. The average Bonchev–Trinajstić information content (AvgIpc) is 2.41. The molecule has 0 bridgehead atoms. The summed E-state index contributed by atoms with van der Waals surface area (Å²) in [6.45, 7) is 6.35. The number of ether oxygens (including phenoxy) is 1. The lowest BCUT2D eigenvalue weighted by atomic mass is 10.2. The minimum atomic E-state index is 0.684. The zero-order valence-electron chi connectivity index (χ0n) is 11.8. The number of carbonyl (C=O) groups is 1. The van der Waals surface area contributed by atoms with Crippen molar-refractivity contribution in [2.45, 2.75) is 0 Å². The lowest BCUT2D eigenvalue weighted by Crippen LogP contribution is -2.55. The summed E-state index contributed by atoms with van der Waals surface area (Å²) in [5.74, 6) is 0.832. The van der Waals surface area contributed by atoms with Crippen molar-refractivity contribution >= 4 is 6.29 Å². The van der Waals surface area contributed by atoms with E-state index in [0.29, 0.717) is 12.2 Å². The summed E-state index contributed by atoms with van der Waals surface area (Å²) in [7, 11) is 4.56. The van der Waals surface area contributed by atoms with Crippen LogP contribution in [-0.2, 0) is 0 Å². The Kier molecular flexibility index (Phi) is 4.56. The van der Waals surface area contributed by atoms with Crippen LogP contribution in [0.5, 0.6) is 5.75 Å². The number of carbonyl (C=O) groups excluding carboxylic acids is 1. The van der Waals surface area contributed by atoms with Crippen molar-refractivity contribution in [3.63, 3.8) is 0 Å². The highest BCUT2D eigenvalue weighted by atomic mass is 16.5. The first-order valence-electron chi connectivity index (χ1n) is 6.81. The van der Waals surface area contributed by atoms with Crippen molar-refractivity contribution in [2.24, 2.45) is 0 Å². The van der Waals surface area contributed by atoms with Gasteiger partial charge in [-0.25, -0.2) is 0 Å². The summed E-state index contributed by atoms with van der Waals surface area (Å²) in [4.78, 5) is 13.0. The molecule has 1 saturated heterocycles. The molecule has 1 aromatic rings. The van der Waals surface area contributed by atoms with Crippen LogP contribution in [0.4, 0.5) is 0 Å². The van der Waals surface area contributed by atoms with E-state index in [2.05, 4.69) is 19.0 Å². The minimum absolute atomic E-state index is 0.684. The maximum Gasteiger partial charge on any atom is 0.150 e. The van der Waals surface area contributed by atoms with E-state index in [1.54, 1.807) is 12.1 Å². The Labute approximate surface area is 115 Å². The van der Waals surface area contributed by atoms with Crippen molar-refractivity contribution in [3.8, 4) is 5.75 Å². The molecule has 4 nitrogen and oxygen atoms in total. The van der Waals surface area contributed by atoms with Crippen molar-refractivity contribution < 1.29 is 14.0 Å². The molecule has 2 rings (SSSR count). The summed E-state index contributed by atoms with van der Waals surface area (Å²) in [6, 6.07) is 7.26. The van der Waals surface area contributed by atoms with E-state index >= 15 is 0 Å². The van der Waals surface area contributed by atoms with Gasteiger partial charge in [0.15, 0.2) is 0 Å². The second-order valence-electron chi connectivity index (χ2n) is 5.76. The molecule has 1 aromatic carbocycles. The van der Waals surface area contributed by atoms with Crippen molar-refractivity contribution in [1.82, 2.24) is 4.90 Å². The number of piperazine rings is 1. The van der Waals surface area contributed by atoms with Crippen LogP contribution in [0.15, 0.2) is 24.3 Å². The van der Waals surface area contributed by atoms with Crippen LogP contribution in [0, 0.1) is 0 Å². The van der Waals surface area contributed by atoms with Gasteiger partial charge < -0.3 is 9.22 Å². The molecule has 19 heavy (non-hydrogen) atoms. The van der Waals surface area contributed by atoms with Crippen LogP contribution < -0.4 is 4.74 Å². The molecular formula is C15H23N2O2+. The first kappa shape index (κ1) is 14.0. The van der Waals surface area contributed by atoms with Gasteiger partial charge in [-0.2, -0.15) is 0 Å². The van der Waals surface area contributed by atoms with E-state index < -0.39 is 0 Å². The molecule has 0 saturated carbocycles. The van der Waals surface area contributed by atoms with Gasteiger partial charge >= 0.3 is 0 Å². The van der Waals surface area contributed by atoms with E-state index in [1.165, 1.54) is 13.1 Å². The summed E-state index contributed by atoms with van der Waals surface area (Å²) in [5, 5.41) is 0. The van der Waals surface area contributed by atoms with Crippen LogP contribution in [0.1, 0.15) is 10.4 Å². The third-order valence-electron chi connectivity index (χ3n) is 3.74. The smallest absolute Gasteiger partial charge is 0.150 e. The molecule has 0 radical (unpaired) electrons. The molecule has 0 amide bonds. The number of nitrogens with zero attached hydrogens (tertiary/aromatic N) is 2. The normalized spacial score (nSPS) is 19.1. The topological polar surface area (TPSA) is 29.5 Å². The third kappa shape index (κ3) is 4.33. The Hall–Kier alpha value is -1.39. The highest BCUT2D eigenvalue weighted by Gasteiger charge is 2.23. The Balaban J connectivity index is 1.70. The molecule has 4 heteroatoms. The van der Waals surface area contributed by atoms with Gasteiger partial charge in [-0.1, -0.05) is 0 Å². The van der Waals surface area contributed by atoms with Gasteiger partial charge in [-0.05, 0) is 24.3 Å². The maximum atomic E-state index is 10.5. The summed E-state index contributed by atoms with van der Waals surface area (Å²) >= 11 is 0. The second kappa shape index (κ2) is 6.17. The van der Waals surface area contributed by atoms with Crippen LogP contribution in [0.3, 0.4) is 0 Å². The molecule has 1 aliphatic heterocycles. The Morgan fingerprint density at radius 3 is 2.42 bits per heavy atom. The fraction of sp³-hybridized carbons (Fsp3) is 0.533. The second-order valence-corrected chi connectivity index (χ2v) is 5.76. The van der Waals surface area contributed by atoms with Crippen molar-refractivity contribution in [1.29, 1.82) is 0 Å². The Morgan fingerprint density at radius 2 is 1.84 bits per heavy atom. The van der Waals surface area contributed by atoms with Gasteiger partial charge in [0.25, 0.3) is 0 Å². The molecule has 0 spiro atoms. The van der Waals surface area contributed by atoms with Gasteiger partial charge in [0.2, 0.25) is 0 Å². The highest BCUT2D eigenvalue weighted by molar-refractivity contribution is 5.74. The van der Waals surface area contributed by atoms with Crippen molar-refractivity contribution in [2.75, 3.05) is 53.4 Å². The predicted molar refractivity (Wildman–Crippen MR) is 75.6 cm³/mol. The number of hydrogen-bond acceptors (Lipinski definition) is 3. The zero-order chi connectivity index (χ0) is 13.7. The Morgan fingerprint density at radius 1 is 1.21 bits per heavy atom. The predicted octanol–water partition coefficient (Wildman–Crippen LogP) is 1.27. The van der Waals surface area contributed by atoms with Crippen LogP contribution in [0.25, 0.3) is 0 Å². The molecule has 104 valence electrons. The molecule has 1 aliphatic rings. The quantitative estimate of drug-likeness (QED) is 0.592. The fourth-order valence-electron chi connectivity index (χ4n) is 2.21.